The monoisotopic (exact) mass is 396 g/mol. The number of aromatic nitrogens is 4. The summed E-state index contributed by atoms with van der Waals surface area (Å²) < 4.78 is 7.31. The SMILES string of the molecule is COc1nc(NC2CCCCC2)nc(N2CC3CC(C2)c2cccc(=O)n2C3)n1. The summed E-state index contributed by atoms with van der Waals surface area (Å²) in [5, 5.41) is 3.49. The van der Waals surface area contributed by atoms with Gasteiger partial charge >= 0.3 is 6.01 Å². The fourth-order valence-electron chi connectivity index (χ4n) is 5.13. The van der Waals surface area contributed by atoms with Crippen LogP contribution < -0.4 is 20.5 Å². The molecule has 2 atom stereocenters. The summed E-state index contributed by atoms with van der Waals surface area (Å²) >= 11 is 0. The maximum absolute atomic E-state index is 12.3. The van der Waals surface area contributed by atoms with Crippen molar-refractivity contribution in [1.29, 1.82) is 0 Å². The zero-order valence-electron chi connectivity index (χ0n) is 16.9. The van der Waals surface area contributed by atoms with Crippen molar-refractivity contribution in [3.05, 3.63) is 34.2 Å². The second-order valence-corrected chi connectivity index (χ2v) is 8.53. The molecule has 0 aromatic carbocycles. The third-order valence-corrected chi connectivity index (χ3v) is 6.49. The van der Waals surface area contributed by atoms with Crippen molar-refractivity contribution in [3.8, 4) is 6.01 Å². The number of hydrogen-bond donors (Lipinski definition) is 1. The van der Waals surface area contributed by atoms with Gasteiger partial charge in [0.1, 0.15) is 0 Å². The summed E-state index contributed by atoms with van der Waals surface area (Å²) in [7, 11) is 1.59. The lowest BCUT2D eigenvalue weighted by atomic mass is 9.83. The number of ether oxygens (including phenoxy) is 1. The number of nitrogens with zero attached hydrogens (tertiary/aromatic N) is 5. The predicted molar refractivity (Wildman–Crippen MR) is 111 cm³/mol. The van der Waals surface area contributed by atoms with Crippen LogP contribution in [0.3, 0.4) is 0 Å². The number of hydrogen-bond acceptors (Lipinski definition) is 7. The number of anilines is 2. The second-order valence-electron chi connectivity index (χ2n) is 8.53. The Morgan fingerprint density at radius 1 is 1.07 bits per heavy atom. The number of piperidine rings is 1. The fraction of sp³-hybridized carbons (Fsp3) is 0.619. The van der Waals surface area contributed by atoms with E-state index in [1.165, 1.54) is 19.3 Å². The number of fused-ring (bicyclic) bond motifs is 4. The van der Waals surface area contributed by atoms with Gasteiger partial charge in [0.05, 0.1) is 7.11 Å². The van der Waals surface area contributed by atoms with Gasteiger partial charge in [-0.25, -0.2) is 0 Å². The summed E-state index contributed by atoms with van der Waals surface area (Å²) in [5.74, 6) is 2.00. The van der Waals surface area contributed by atoms with E-state index in [0.29, 0.717) is 35.8 Å². The van der Waals surface area contributed by atoms with Crippen LogP contribution >= 0.6 is 0 Å². The molecule has 29 heavy (non-hydrogen) atoms. The van der Waals surface area contributed by atoms with E-state index in [0.717, 1.165) is 44.6 Å². The molecule has 2 unspecified atom stereocenters. The van der Waals surface area contributed by atoms with Gasteiger partial charge in [0, 0.05) is 43.4 Å². The first kappa shape index (κ1) is 18.4. The van der Waals surface area contributed by atoms with Crippen molar-refractivity contribution in [3.63, 3.8) is 0 Å². The van der Waals surface area contributed by atoms with Crippen molar-refractivity contribution < 1.29 is 4.74 Å². The Balaban J connectivity index is 1.41. The van der Waals surface area contributed by atoms with Crippen LogP contribution in [0.5, 0.6) is 6.01 Å². The van der Waals surface area contributed by atoms with E-state index in [1.807, 2.05) is 10.6 Å². The molecule has 0 radical (unpaired) electrons. The third kappa shape index (κ3) is 3.68. The largest absolute Gasteiger partial charge is 0.467 e. The molecule has 8 nitrogen and oxygen atoms in total. The van der Waals surface area contributed by atoms with Gasteiger partial charge in [0.2, 0.25) is 11.9 Å². The van der Waals surface area contributed by atoms with Crippen LogP contribution in [0.25, 0.3) is 0 Å². The summed E-state index contributed by atoms with van der Waals surface area (Å²) in [6, 6.07) is 6.37. The van der Waals surface area contributed by atoms with Crippen molar-refractivity contribution >= 4 is 11.9 Å². The molecule has 4 heterocycles. The summed E-state index contributed by atoms with van der Waals surface area (Å²) in [4.78, 5) is 28.2. The topological polar surface area (TPSA) is 85.2 Å². The molecule has 1 N–H and O–H groups in total. The molecular weight excluding hydrogens is 368 g/mol. The maximum atomic E-state index is 12.3. The summed E-state index contributed by atoms with van der Waals surface area (Å²) in [5.41, 5.74) is 1.23. The number of nitrogens with one attached hydrogen (secondary N) is 1. The molecule has 3 aliphatic rings. The minimum absolute atomic E-state index is 0.103. The van der Waals surface area contributed by atoms with Gasteiger partial charge in [-0.15, -0.1) is 0 Å². The van der Waals surface area contributed by atoms with Crippen molar-refractivity contribution in [2.75, 3.05) is 30.4 Å². The first-order valence-corrected chi connectivity index (χ1v) is 10.7. The van der Waals surface area contributed by atoms with E-state index in [4.69, 9.17) is 9.72 Å². The van der Waals surface area contributed by atoms with Crippen LogP contribution in [-0.4, -0.2) is 45.8 Å². The number of pyridine rings is 1. The predicted octanol–water partition coefficient (Wildman–Crippen LogP) is 2.41. The standard InChI is InChI=1S/C21H28N6O2/c1-29-21-24-19(22-16-6-3-2-4-7-16)23-20(25-21)26-11-14-10-15(13-26)17-8-5-9-18(28)27(17)12-14/h5,8-9,14-16H,2-4,6-7,10-13H2,1H3,(H,22,23,24,25). The van der Waals surface area contributed by atoms with Crippen molar-refractivity contribution in [2.45, 2.75) is 57.0 Å². The highest BCUT2D eigenvalue weighted by atomic mass is 16.5. The van der Waals surface area contributed by atoms with Crippen LogP contribution in [0.1, 0.15) is 50.1 Å². The highest BCUT2D eigenvalue weighted by Crippen LogP contribution is 2.36. The van der Waals surface area contributed by atoms with Gasteiger partial charge in [0.15, 0.2) is 0 Å². The average Bonchev–Trinajstić information content (AvgIpc) is 2.75. The van der Waals surface area contributed by atoms with E-state index < -0.39 is 0 Å². The molecule has 5 rings (SSSR count). The van der Waals surface area contributed by atoms with Gasteiger partial charge in [-0.05, 0) is 31.2 Å². The molecule has 2 bridgehead atoms. The Morgan fingerprint density at radius 2 is 1.93 bits per heavy atom. The Bertz CT molecular complexity index is 939. The van der Waals surface area contributed by atoms with E-state index >= 15 is 0 Å². The molecule has 0 amide bonds. The lowest BCUT2D eigenvalue weighted by molar-refractivity contribution is 0.279. The molecule has 2 aliphatic heterocycles. The van der Waals surface area contributed by atoms with Crippen molar-refractivity contribution in [2.24, 2.45) is 5.92 Å². The normalized spacial score (nSPS) is 24.1. The molecule has 1 saturated heterocycles. The van der Waals surface area contributed by atoms with E-state index in [1.54, 1.807) is 13.2 Å². The molecule has 1 aliphatic carbocycles. The Kier molecular flexibility index (Phi) is 4.85. The number of methoxy groups -OCH3 is 1. The van der Waals surface area contributed by atoms with Crippen LogP contribution in [0, 0.1) is 5.92 Å². The highest BCUT2D eigenvalue weighted by molar-refractivity contribution is 5.41. The van der Waals surface area contributed by atoms with Crippen LogP contribution in [0.4, 0.5) is 11.9 Å². The third-order valence-electron chi connectivity index (χ3n) is 6.49. The minimum atomic E-state index is 0.103. The summed E-state index contributed by atoms with van der Waals surface area (Å²) in [6.45, 7) is 2.40. The van der Waals surface area contributed by atoms with Gasteiger partial charge < -0.3 is 19.5 Å². The lowest BCUT2D eigenvalue weighted by Crippen LogP contribution is -2.47. The zero-order chi connectivity index (χ0) is 19.8. The Labute approximate surface area is 170 Å². The molecule has 0 spiro atoms. The lowest BCUT2D eigenvalue weighted by Gasteiger charge is -2.42. The first-order valence-electron chi connectivity index (χ1n) is 10.7. The highest BCUT2D eigenvalue weighted by Gasteiger charge is 2.35. The number of rotatable bonds is 4. The van der Waals surface area contributed by atoms with Crippen LogP contribution in [0.15, 0.2) is 23.0 Å². The molecule has 2 fully saturated rings. The Morgan fingerprint density at radius 3 is 2.76 bits per heavy atom. The van der Waals surface area contributed by atoms with Crippen LogP contribution in [0.2, 0.25) is 0 Å². The second kappa shape index (κ2) is 7.65. The minimum Gasteiger partial charge on any atom is -0.467 e. The van der Waals surface area contributed by atoms with E-state index in [-0.39, 0.29) is 5.56 Å². The molecule has 2 aromatic heterocycles. The van der Waals surface area contributed by atoms with Gasteiger partial charge in [0.25, 0.3) is 5.56 Å². The molecular formula is C21H28N6O2. The maximum Gasteiger partial charge on any atom is 0.322 e. The smallest absolute Gasteiger partial charge is 0.322 e. The molecule has 2 aromatic rings. The summed E-state index contributed by atoms with van der Waals surface area (Å²) in [6.07, 6.45) is 7.23. The molecule has 1 saturated carbocycles. The first-order chi connectivity index (χ1) is 14.2. The fourth-order valence-corrected chi connectivity index (χ4v) is 5.13. The average molecular weight is 396 g/mol. The van der Waals surface area contributed by atoms with Crippen LogP contribution in [-0.2, 0) is 6.54 Å². The molecule has 8 heteroatoms. The van der Waals surface area contributed by atoms with Crippen molar-refractivity contribution in [1.82, 2.24) is 19.5 Å². The Hall–Kier alpha value is -2.64. The van der Waals surface area contributed by atoms with Gasteiger partial charge in [-0.1, -0.05) is 25.3 Å². The van der Waals surface area contributed by atoms with E-state index in [2.05, 4.69) is 26.3 Å². The molecule has 154 valence electrons. The van der Waals surface area contributed by atoms with E-state index in [9.17, 15) is 4.79 Å². The quantitative estimate of drug-likeness (QED) is 0.849. The van der Waals surface area contributed by atoms with Gasteiger partial charge in [-0.3, -0.25) is 4.79 Å². The van der Waals surface area contributed by atoms with Gasteiger partial charge in [-0.2, -0.15) is 15.0 Å². The zero-order valence-corrected chi connectivity index (χ0v) is 16.9.